The van der Waals surface area contributed by atoms with Crippen molar-refractivity contribution >= 4 is 5.57 Å². The molecule has 0 heterocycles. The van der Waals surface area contributed by atoms with Gasteiger partial charge in [-0.1, -0.05) is 30.9 Å². The first-order valence-corrected chi connectivity index (χ1v) is 4.52. The SMILES string of the molecule is C=CCC(=C)c1cccc(C)c1C. The van der Waals surface area contributed by atoms with E-state index in [2.05, 4.69) is 45.2 Å². The summed E-state index contributed by atoms with van der Waals surface area (Å²) < 4.78 is 0. The molecule has 13 heavy (non-hydrogen) atoms. The Bertz CT molecular complexity index is 332. The van der Waals surface area contributed by atoms with Gasteiger partial charge in [-0.05, 0) is 42.5 Å². The van der Waals surface area contributed by atoms with Gasteiger partial charge in [0.2, 0.25) is 0 Å². The minimum absolute atomic E-state index is 0.865. The van der Waals surface area contributed by atoms with Gasteiger partial charge in [0.1, 0.15) is 0 Å². The molecule has 68 valence electrons. The highest BCUT2D eigenvalue weighted by Gasteiger charge is 2.02. The van der Waals surface area contributed by atoms with Crippen molar-refractivity contribution in [2.45, 2.75) is 20.3 Å². The van der Waals surface area contributed by atoms with Crippen molar-refractivity contribution in [3.63, 3.8) is 0 Å². The second-order valence-corrected chi connectivity index (χ2v) is 3.34. The van der Waals surface area contributed by atoms with Crippen LogP contribution in [0.2, 0.25) is 0 Å². The standard InChI is InChI=1S/C13H16/c1-5-7-11(3)13-9-6-8-10(2)12(13)4/h5-6,8-9H,1,3,7H2,2,4H3. The average molecular weight is 172 g/mol. The number of aryl methyl sites for hydroxylation is 1. The van der Waals surface area contributed by atoms with Crippen LogP contribution in [0.3, 0.4) is 0 Å². The summed E-state index contributed by atoms with van der Waals surface area (Å²) in [5.41, 5.74) is 5.06. The molecule has 0 heteroatoms. The van der Waals surface area contributed by atoms with Crippen molar-refractivity contribution in [2.75, 3.05) is 0 Å². The number of hydrogen-bond donors (Lipinski definition) is 0. The molecule has 0 atom stereocenters. The lowest BCUT2D eigenvalue weighted by atomic mass is 9.96. The van der Waals surface area contributed by atoms with E-state index >= 15 is 0 Å². The van der Waals surface area contributed by atoms with Crippen molar-refractivity contribution in [2.24, 2.45) is 0 Å². The summed E-state index contributed by atoms with van der Waals surface area (Å²) in [7, 11) is 0. The zero-order valence-electron chi connectivity index (χ0n) is 8.43. The van der Waals surface area contributed by atoms with Crippen LogP contribution in [0.25, 0.3) is 5.57 Å². The summed E-state index contributed by atoms with van der Waals surface area (Å²) in [5.74, 6) is 0. The van der Waals surface area contributed by atoms with Crippen molar-refractivity contribution in [1.82, 2.24) is 0 Å². The third kappa shape index (κ3) is 2.09. The van der Waals surface area contributed by atoms with Crippen molar-refractivity contribution in [3.8, 4) is 0 Å². The zero-order valence-corrected chi connectivity index (χ0v) is 8.43. The number of hydrogen-bond acceptors (Lipinski definition) is 0. The van der Waals surface area contributed by atoms with Gasteiger partial charge in [0.15, 0.2) is 0 Å². The van der Waals surface area contributed by atoms with Gasteiger partial charge in [-0.3, -0.25) is 0 Å². The molecule has 1 aromatic carbocycles. The predicted octanol–water partition coefficient (Wildman–Crippen LogP) is 3.89. The highest BCUT2D eigenvalue weighted by Crippen LogP contribution is 2.22. The summed E-state index contributed by atoms with van der Waals surface area (Å²) in [6.07, 6.45) is 2.76. The molecule has 0 saturated carbocycles. The Morgan fingerprint density at radius 1 is 1.38 bits per heavy atom. The Morgan fingerprint density at radius 3 is 2.69 bits per heavy atom. The van der Waals surface area contributed by atoms with Crippen LogP contribution in [0.1, 0.15) is 23.1 Å². The van der Waals surface area contributed by atoms with Gasteiger partial charge >= 0.3 is 0 Å². The number of allylic oxidation sites excluding steroid dienone is 2. The molecular formula is C13H16. The quantitative estimate of drug-likeness (QED) is 0.607. The lowest BCUT2D eigenvalue weighted by Crippen LogP contribution is -1.89. The Balaban J connectivity index is 3.07. The molecule has 0 N–H and O–H groups in total. The first-order chi connectivity index (χ1) is 6.16. The third-order valence-corrected chi connectivity index (χ3v) is 2.38. The monoisotopic (exact) mass is 172 g/mol. The Hall–Kier alpha value is -1.30. The normalized spacial score (nSPS) is 9.69. The molecule has 0 bridgehead atoms. The molecule has 0 spiro atoms. The first kappa shape index (κ1) is 9.79. The molecule has 1 rings (SSSR count). The molecule has 0 radical (unpaired) electrons. The summed E-state index contributed by atoms with van der Waals surface area (Å²) in [4.78, 5) is 0. The fourth-order valence-corrected chi connectivity index (χ4v) is 1.42. The van der Waals surface area contributed by atoms with Gasteiger partial charge in [0.25, 0.3) is 0 Å². The van der Waals surface area contributed by atoms with Gasteiger partial charge in [-0.15, -0.1) is 6.58 Å². The second-order valence-electron chi connectivity index (χ2n) is 3.34. The van der Waals surface area contributed by atoms with Gasteiger partial charge in [-0.2, -0.15) is 0 Å². The highest BCUT2D eigenvalue weighted by molar-refractivity contribution is 5.68. The Labute approximate surface area is 80.6 Å². The Morgan fingerprint density at radius 2 is 2.08 bits per heavy atom. The molecule has 0 aliphatic rings. The number of benzene rings is 1. The summed E-state index contributed by atoms with van der Waals surface area (Å²) in [5, 5.41) is 0. The van der Waals surface area contributed by atoms with Crippen LogP contribution in [0.5, 0.6) is 0 Å². The van der Waals surface area contributed by atoms with Crippen molar-refractivity contribution in [1.29, 1.82) is 0 Å². The van der Waals surface area contributed by atoms with Crippen LogP contribution in [-0.4, -0.2) is 0 Å². The van der Waals surface area contributed by atoms with Gasteiger partial charge in [0.05, 0.1) is 0 Å². The third-order valence-electron chi connectivity index (χ3n) is 2.38. The van der Waals surface area contributed by atoms with E-state index in [0.29, 0.717) is 0 Å². The lowest BCUT2D eigenvalue weighted by molar-refractivity contribution is 1.29. The van der Waals surface area contributed by atoms with Crippen LogP contribution in [0, 0.1) is 13.8 Å². The predicted molar refractivity (Wildman–Crippen MR) is 59.8 cm³/mol. The van der Waals surface area contributed by atoms with E-state index in [1.807, 2.05) is 6.08 Å². The van der Waals surface area contributed by atoms with E-state index in [1.165, 1.54) is 16.7 Å². The summed E-state index contributed by atoms with van der Waals surface area (Å²) in [6.45, 7) is 12.0. The van der Waals surface area contributed by atoms with Crippen molar-refractivity contribution < 1.29 is 0 Å². The molecular weight excluding hydrogens is 156 g/mol. The first-order valence-electron chi connectivity index (χ1n) is 4.52. The van der Waals surface area contributed by atoms with Crippen LogP contribution in [-0.2, 0) is 0 Å². The maximum absolute atomic E-state index is 4.05. The number of rotatable bonds is 3. The largest absolute Gasteiger partial charge is 0.103 e. The van der Waals surface area contributed by atoms with E-state index in [1.54, 1.807) is 0 Å². The second kappa shape index (κ2) is 4.08. The van der Waals surface area contributed by atoms with Gasteiger partial charge < -0.3 is 0 Å². The Kier molecular flexibility index (Phi) is 3.07. The van der Waals surface area contributed by atoms with Crippen LogP contribution >= 0.6 is 0 Å². The van der Waals surface area contributed by atoms with Gasteiger partial charge in [-0.25, -0.2) is 0 Å². The van der Waals surface area contributed by atoms with Gasteiger partial charge in [0, 0.05) is 0 Å². The summed E-state index contributed by atoms with van der Waals surface area (Å²) in [6, 6.07) is 6.32. The molecule has 0 aliphatic heterocycles. The molecule has 0 amide bonds. The maximum Gasteiger partial charge on any atom is -0.01000 e. The van der Waals surface area contributed by atoms with E-state index in [-0.39, 0.29) is 0 Å². The average Bonchev–Trinajstić information content (AvgIpc) is 2.10. The molecule has 1 aromatic rings. The lowest BCUT2D eigenvalue weighted by Gasteiger charge is -2.09. The fourth-order valence-electron chi connectivity index (χ4n) is 1.42. The molecule has 0 aliphatic carbocycles. The van der Waals surface area contributed by atoms with E-state index < -0.39 is 0 Å². The molecule has 0 saturated heterocycles. The molecule has 0 unspecified atom stereocenters. The molecule has 0 nitrogen and oxygen atoms in total. The maximum atomic E-state index is 4.05. The van der Waals surface area contributed by atoms with Crippen molar-refractivity contribution in [3.05, 3.63) is 54.1 Å². The summed E-state index contributed by atoms with van der Waals surface area (Å²) >= 11 is 0. The van der Waals surface area contributed by atoms with Crippen LogP contribution in [0.15, 0.2) is 37.4 Å². The topological polar surface area (TPSA) is 0 Å². The fraction of sp³-hybridized carbons (Fsp3) is 0.231. The molecule has 0 aromatic heterocycles. The van der Waals surface area contributed by atoms with Crippen LogP contribution in [0.4, 0.5) is 0 Å². The zero-order chi connectivity index (χ0) is 9.84. The van der Waals surface area contributed by atoms with E-state index in [0.717, 1.165) is 12.0 Å². The highest BCUT2D eigenvalue weighted by atomic mass is 14.1. The smallest absolute Gasteiger partial charge is 0.01000 e. The minimum Gasteiger partial charge on any atom is -0.103 e. The molecule has 0 fully saturated rings. The van der Waals surface area contributed by atoms with E-state index in [9.17, 15) is 0 Å². The minimum atomic E-state index is 0.865. The van der Waals surface area contributed by atoms with Crippen LogP contribution < -0.4 is 0 Å². The van der Waals surface area contributed by atoms with E-state index in [4.69, 9.17) is 0 Å².